The molecule has 14 heavy (non-hydrogen) atoms. The van der Waals surface area contributed by atoms with Crippen molar-refractivity contribution < 1.29 is 9.53 Å². The van der Waals surface area contributed by atoms with Gasteiger partial charge in [0.1, 0.15) is 0 Å². The lowest BCUT2D eigenvalue weighted by molar-refractivity contribution is 0.0593. The Morgan fingerprint density at radius 1 is 1.64 bits per heavy atom. The molecule has 0 aliphatic rings. The number of esters is 1. The Kier molecular flexibility index (Phi) is 3.46. The maximum atomic E-state index is 11.3. The van der Waals surface area contributed by atoms with Gasteiger partial charge in [0.15, 0.2) is 10.8 Å². The molecular weight excluding hydrogens is 200 g/mol. The van der Waals surface area contributed by atoms with E-state index in [2.05, 4.69) is 23.6 Å². The second-order valence-corrected chi connectivity index (χ2v) is 4.53. The first kappa shape index (κ1) is 11.0. The maximum Gasteiger partial charge on any atom is 0.357 e. The van der Waals surface area contributed by atoms with Crippen molar-refractivity contribution in [2.75, 3.05) is 12.8 Å². The summed E-state index contributed by atoms with van der Waals surface area (Å²) in [7, 11) is 1.34. The minimum absolute atomic E-state index is 0.365. The SMILES string of the molecule is COC(=O)c1nc(N)sc1CC(C)C. The van der Waals surface area contributed by atoms with Crippen molar-refractivity contribution in [2.45, 2.75) is 20.3 Å². The van der Waals surface area contributed by atoms with Crippen LogP contribution in [0, 0.1) is 5.92 Å². The van der Waals surface area contributed by atoms with Crippen molar-refractivity contribution in [1.29, 1.82) is 0 Å². The monoisotopic (exact) mass is 214 g/mol. The zero-order valence-corrected chi connectivity index (χ0v) is 9.35. The van der Waals surface area contributed by atoms with Gasteiger partial charge in [0.2, 0.25) is 0 Å². The number of carbonyl (C=O) groups is 1. The molecule has 5 heteroatoms. The molecular formula is C9H14N2O2S. The molecule has 0 aliphatic carbocycles. The molecule has 0 atom stereocenters. The van der Waals surface area contributed by atoms with Gasteiger partial charge in [-0.2, -0.15) is 0 Å². The maximum absolute atomic E-state index is 11.3. The van der Waals surface area contributed by atoms with Gasteiger partial charge < -0.3 is 10.5 Å². The van der Waals surface area contributed by atoms with Gasteiger partial charge in [0.25, 0.3) is 0 Å². The van der Waals surface area contributed by atoms with Gasteiger partial charge in [0, 0.05) is 4.88 Å². The number of ether oxygens (including phenoxy) is 1. The number of rotatable bonds is 3. The summed E-state index contributed by atoms with van der Waals surface area (Å²) in [4.78, 5) is 16.2. The summed E-state index contributed by atoms with van der Waals surface area (Å²) in [6, 6.07) is 0. The van der Waals surface area contributed by atoms with Crippen LogP contribution in [0.2, 0.25) is 0 Å². The fraction of sp³-hybridized carbons (Fsp3) is 0.556. The van der Waals surface area contributed by atoms with Crippen LogP contribution in [-0.2, 0) is 11.2 Å². The summed E-state index contributed by atoms with van der Waals surface area (Å²) < 4.78 is 4.62. The predicted molar refractivity (Wildman–Crippen MR) is 56.4 cm³/mol. The average Bonchev–Trinajstić information content (AvgIpc) is 2.44. The summed E-state index contributed by atoms with van der Waals surface area (Å²) in [5, 5.41) is 0.418. The number of hydrogen-bond acceptors (Lipinski definition) is 5. The highest BCUT2D eigenvalue weighted by atomic mass is 32.1. The quantitative estimate of drug-likeness (QED) is 0.778. The van der Waals surface area contributed by atoms with Gasteiger partial charge in [-0.3, -0.25) is 0 Å². The van der Waals surface area contributed by atoms with E-state index >= 15 is 0 Å². The van der Waals surface area contributed by atoms with Gasteiger partial charge in [0.05, 0.1) is 7.11 Å². The van der Waals surface area contributed by atoms with E-state index < -0.39 is 5.97 Å². The molecule has 0 fully saturated rings. The third-order valence-electron chi connectivity index (χ3n) is 1.69. The molecule has 1 heterocycles. The fourth-order valence-electron chi connectivity index (χ4n) is 1.14. The van der Waals surface area contributed by atoms with Crippen LogP contribution in [-0.4, -0.2) is 18.1 Å². The summed E-state index contributed by atoms with van der Waals surface area (Å²) in [5.74, 6) is 0.0619. The minimum atomic E-state index is -0.409. The van der Waals surface area contributed by atoms with Crippen molar-refractivity contribution in [3.63, 3.8) is 0 Å². The number of methoxy groups -OCH3 is 1. The van der Waals surface area contributed by atoms with Crippen molar-refractivity contribution >= 4 is 22.4 Å². The number of hydrogen-bond donors (Lipinski definition) is 1. The first-order valence-corrected chi connectivity index (χ1v) is 5.19. The highest BCUT2D eigenvalue weighted by molar-refractivity contribution is 7.15. The van der Waals surface area contributed by atoms with Crippen molar-refractivity contribution in [3.05, 3.63) is 10.6 Å². The molecule has 0 amide bonds. The van der Waals surface area contributed by atoms with Crippen LogP contribution in [0.5, 0.6) is 0 Å². The largest absolute Gasteiger partial charge is 0.464 e. The highest BCUT2D eigenvalue weighted by Crippen LogP contribution is 2.23. The molecule has 1 aromatic rings. The third kappa shape index (κ3) is 2.45. The molecule has 0 unspecified atom stereocenters. The van der Waals surface area contributed by atoms with Crippen LogP contribution in [0.15, 0.2) is 0 Å². The molecule has 0 saturated heterocycles. The Morgan fingerprint density at radius 3 is 2.79 bits per heavy atom. The van der Waals surface area contributed by atoms with E-state index in [0.717, 1.165) is 11.3 Å². The van der Waals surface area contributed by atoms with E-state index in [9.17, 15) is 4.79 Å². The number of nitrogen functional groups attached to an aromatic ring is 1. The van der Waals surface area contributed by atoms with E-state index in [4.69, 9.17) is 5.73 Å². The lowest BCUT2D eigenvalue weighted by Gasteiger charge is -2.02. The fourth-order valence-corrected chi connectivity index (χ4v) is 2.17. The first-order valence-electron chi connectivity index (χ1n) is 4.38. The Bertz CT molecular complexity index is 334. The number of carbonyl (C=O) groups excluding carboxylic acids is 1. The Hall–Kier alpha value is -1.10. The van der Waals surface area contributed by atoms with Crippen molar-refractivity contribution in [3.8, 4) is 0 Å². The first-order chi connectivity index (χ1) is 6.54. The summed E-state index contributed by atoms with van der Waals surface area (Å²) in [6.45, 7) is 4.16. The summed E-state index contributed by atoms with van der Waals surface area (Å²) >= 11 is 1.35. The number of nitrogens with zero attached hydrogens (tertiary/aromatic N) is 1. The molecule has 4 nitrogen and oxygen atoms in total. The number of aromatic nitrogens is 1. The van der Waals surface area contributed by atoms with E-state index in [1.165, 1.54) is 18.4 Å². The van der Waals surface area contributed by atoms with E-state index in [-0.39, 0.29) is 0 Å². The van der Waals surface area contributed by atoms with Gasteiger partial charge in [-0.05, 0) is 12.3 Å². The summed E-state index contributed by atoms with van der Waals surface area (Å²) in [6.07, 6.45) is 0.805. The van der Waals surface area contributed by atoms with Crippen LogP contribution in [0.1, 0.15) is 29.2 Å². The molecule has 0 radical (unpaired) electrons. The zero-order chi connectivity index (χ0) is 10.7. The number of anilines is 1. The number of nitrogens with two attached hydrogens (primary N) is 1. The van der Waals surface area contributed by atoms with E-state index in [1.54, 1.807) is 0 Å². The topological polar surface area (TPSA) is 65.2 Å². The molecule has 1 aromatic heterocycles. The van der Waals surface area contributed by atoms with E-state index in [1.807, 2.05) is 0 Å². The van der Waals surface area contributed by atoms with Crippen molar-refractivity contribution in [2.24, 2.45) is 5.92 Å². The Morgan fingerprint density at radius 2 is 2.29 bits per heavy atom. The normalized spacial score (nSPS) is 10.6. The van der Waals surface area contributed by atoms with Gasteiger partial charge >= 0.3 is 5.97 Å². The highest BCUT2D eigenvalue weighted by Gasteiger charge is 2.18. The lowest BCUT2D eigenvalue weighted by Crippen LogP contribution is -2.06. The molecule has 1 rings (SSSR count). The Labute approximate surface area is 87.1 Å². The van der Waals surface area contributed by atoms with Crippen LogP contribution in [0.25, 0.3) is 0 Å². The van der Waals surface area contributed by atoms with Gasteiger partial charge in [-0.1, -0.05) is 13.8 Å². The molecule has 0 bridgehead atoms. The minimum Gasteiger partial charge on any atom is -0.464 e. The number of thiazole rings is 1. The second-order valence-electron chi connectivity index (χ2n) is 3.41. The average molecular weight is 214 g/mol. The smallest absolute Gasteiger partial charge is 0.357 e. The molecule has 0 aromatic carbocycles. The molecule has 0 aliphatic heterocycles. The molecule has 78 valence electrons. The van der Waals surface area contributed by atoms with Crippen LogP contribution >= 0.6 is 11.3 Å². The lowest BCUT2D eigenvalue weighted by atomic mass is 10.1. The van der Waals surface area contributed by atoms with Gasteiger partial charge in [-0.15, -0.1) is 11.3 Å². The molecule has 0 saturated carbocycles. The molecule has 0 spiro atoms. The standard InChI is InChI=1S/C9H14N2O2S/c1-5(2)4-6-7(8(12)13-3)11-9(10)14-6/h5H,4H2,1-3H3,(H2,10,11). The molecule has 2 N–H and O–H groups in total. The van der Waals surface area contributed by atoms with Crippen LogP contribution in [0.3, 0.4) is 0 Å². The van der Waals surface area contributed by atoms with Crippen LogP contribution in [0.4, 0.5) is 5.13 Å². The van der Waals surface area contributed by atoms with Gasteiger partial charge in [-0.25, -0.2) is 9.78 Å². The summed E-state index contributed by atoms with van der Waals surface area (Å²) in [5.41, 5.74) is 5.91. The third-order valence-corrected chi connectivity index (χ3v) is 2.59. The van der Waals surface area contributed by atoms with Crippen molar-refractivity contribution in [1.82, 2.24) is 4.98 Å². The van der Waals surface area contributed by atoms with E-state index in [0.29, 0.717) is 16.7 Å². The predicted octanol–water partition coefficient (Wildman–Crippen LogP) is 1.71. The Balaban J connectivity index is 2.96. The second kappa shape index (κ2) is 4.41. The van der Waals surface area contributed by atoms with Crippen LogP contribution < -0.4 is 5.73 Å². The zero-order valence-electron chi connectivity index (χ0n) is 8.53.